The van der Waals surface area contributed by atoms with E-state index in [-0.39, 0.29) is 24.6 Å². The van der Waals surface area contributed by atoms with Crippen molar-refractivity contribution in [1.29, 1.82) is 0 Å². The minimum Gasteiger partial charge on any atom is -0.480 e. The highest BCUT2D eigenvalue weighted by Gasteiger charge is 2.38. The van der Waals surface area contributed by atoms with Crippen molar-refractivity contribution in [3.8, 4) is 0 Å². The van der Waals surface area contributed by atoms with Crippen molar-refractivity contribution in [3.05, 3.63) is 6.33 Å². The van der Waals surface area contributed by atoms with Crippen molar-refractivity contribution in [2.24, 2.45) is 0 Å². The molecule has 0 bridgehead atoms. The second-order valence-electron chi connectivity index (χ2n) is 5.33. The van der Waals surface area contributed by atoms with E-state index in [1.807, 2.05) is 4.57 Å². The number of carbonyl (C=O) groups is 2. The van der Waals surface area contributed by atoms with Crippen LogP contribution in [-0.2, 0) is 9.59 Å². The summed E-state index contributed by atoms with van der Waals surface area (Å²) in [4.78, 5) is 24.5. The maximum Gasteiger partial charge on any atom is 0.326 e. The molecule has 2 heterocycles. The fourth-order valence-electron chi connectivity index (χ4n) is 2.47. The van der Waals surface area contributed by atoms with Crippen LogP contribution in [0.1, 0.15) is 25.3 Å². The summed E-state index contributed by atoms with van der Waals surface area (Å²) in [5.41, 5.74) is 0. The van der Waals surface area contributed by atoms with E-state index in [2.05, 4.69) is 10.2 Å². The number of amides is 1. The summed E-state index contributed by atoms with van der Waals surface area (Å²) in [5.74, 6) is -1.28. The average Bonchev–Trinajstić information content (AvgIpc) is 3.04. The molecule has 1 saturated carbocycles. The molecule has 1 aromatic rings. The molecule has 0 aromatic carbocycles. The molecule has 2 atom stereocenters. The maximum absolute atomic E-state index is 12.2. The van der Waals surface area contributed by atoms with E-state index in [9.17, 15) is 14.7 Å². The summed E-state index contributed by atoms with van der Waals surface area (Å²) in [6, 6.07) is -0.507. The van der Waals surface area contributed by atoms with Crippen molar-refractivity contribution in [3.63, 3.8) is 0 Å². The molecule has 1 aliphatic heterocycles. The van der Waals surface area contributed by atoms with Crippen LogP contribution in [0.15, 0.2) is 11.5 Å². The van der Waals surface area contributed by atoms with E-state index in [0.717, 1.165) is 12.8 Å². The molecular weight excluding hydrogens is 296 g/mol. The lowest BCUT2D eigenvalue weighted by molar-refractivity contribution is -0.147. The Morgan fingerprint density at radius 1 is 1.43 bits per heavy atom. The number of nitrogens with zero attached hydrogens (tertiary/aromatic N) is 4. The van der Waals surface area contributed by atoms with Crippen molar-refractivity contribution in [1.82, 2.24) is 19.7 Å². The van der Waals surface area contributed by atoms with Crippen LogP contribution in [0.25, 0.3) is 0 Å². The van der Waals surface area contributed by atoms with Crippen molar-refractivity contribution < 1.29 is 19.8 Å². The van der Waals surface area contributed by atoms with Gasteiger partial charge < -0.3 is 19.7 Å². The van der Waals surface area contributed by atoms with E-state index in [4.69, 9.17) is 5.11 Å². The molecule has 114 valence electrons. The standard InChI is InChI=1S/C12H16N4O4S/c17-8-3-9(11(19)20)15(4-8)10(18)5-21-12-14-13-6-16(12)7-1-2-7/h6-9,17H,1-5H2,(H,19,20)/t8-,9-/m1/s1. The number of carboxylic acids is 1. The fourth-order valence-corrected chi connectivity index (χ4v) is 3.34. The third-order valence-corrected chi connectivity index (χ3v) is 4.63. The number of carboxylic acid groups (broad SMARTS) is 1. The van der Waals surface area contributed by atoms with Gasteiger partial charge in [0, 0.05) is 19.0 Å². The van der Waals surface area contributed by atoms with Crippen molar-refractivity contribution in [2.45, 2.75) is 42.6 Å². The van der Waals surface area contributed by atoms with Gasteiger partial charge in [-0.05, 0) is 12.8 Å². The van der Waals surface area contributed by atoms with Gasteiger partial charge in [0.1, 0.15) is 12.4 Å². The first-order valence-electron chi connectivity index (χ1n) is 6.79. The zero-order valence-electron chi connectivity index (χ0n) is 11.3. The van der Waals surface area contributed by atoms with E-state index in [1.54, 1.807) is 6.33 Å². The molecule has 2 N–H and O–H groups in total. The molecule has 2 aliphatic rings. The molecule has 1 saturated heterocycles. The van der Waals surface area contributed by atoms with Crippen LogP contribution in [0.2, 0.25) is 0 Å². The molecule has 0 radical (unpaired) electrons. The molecule has 2 fully saturated rings. The number of rotatable bonds is 5. The first kappa shape index (κ1) is 14.3. The maximum atomic E-state index is 12.2. The highest BCUT2D eigenvalue weighted by atomic mass is 32.2. The highest BCUT2D eigenvalue weighted by Crippen LogP contribution is 2.37. The third kappa shape index (κ3) is 3.03. The smallest absolute Gasteiger partial charge is 0.326 e. The van der Waals surface area contributed by atoms with Gasteiger partial charge in [0.05, 0.1) is 11.9 Å². The summed E-state index contributed by atoms with van der Waals surface area (Å²) in [5, 5.41) is 27.2. The Morgan fingerprint density at radius 2 is 2.19 bits per heavy atom. The molecule has 1 aromatic heterocycles. The van der Waals surface area contributed by atoms with Gasteiger partial charge in [-0.15, -0.1) is 10.2 Å². The van der Waals surface area contributed by atoms with Gasteiger partial charge in [0.25, 0.3) is 0 Å². The Hall–Kier alpha value is -1.61. The van der Waals surface area contributed by atoms with Crippen LogP contribution in [0.4, 0.5) is 0 Å². The minimum absolute atomic E-state index is 0.0751. The molecule has 0 spiro atoms. The van der Waals surface area contributed by atoms with Crippen molar-refractivity contribution in [2.75, 3.05) is 12.3 Å². The minimum atomic E-state index is -1.08. The summed E-state index contributed by atoms with van der Waals surface area (Å²) in [6.45, 7) is 0.0751. The van der Waals surface area contributed by atoms with Gasteiger partial charge in [-0.2, -0.15) is 0 Å². The van der Waals surface area contributed by atoms with Crippen molar-refractivity contribution >= 4 is 23.6 Å². The Balaban J connectivity index is 1.60. The lowest BCUT2D eigenvalue weighted by atomic mass is 10.2. The summed E-state index contributed by atoms with van der Waals surface area (Å²) in [6.07, 6.45) is 3.17. The van der Waals surface area contributed by atoms with E-state index in [1.165, 1.54) is 16.7 Å². The number of β-amino-alcohol motifs (C(OH)–C–C–N with tert-alkyl or cyclic N) is 1. The predicted octanol–water partition coefficient (Wildman–Crippen LogP) is -0.248. The SMILES string of the molecule is O=C(O)[C@H]1C[C@@H](O)CN1C(=O)CSc1nncn1C1CC1. The molecule has 1 amide bonds. The van der Waals surface area contributed by atoms with Gasteiger partial charge >= 0.3 is 5.97 Å². The summed E-state index contributed by atoms with van der Waals surface area (Å²) in [7, 11) is 0. The number of aromatic nitrogens is 3. The molecular formula is C12H16N4O4S. The van der Waals surface area contributed by atoms with Crippen LogP contribution in [0.5, 0.6) is 0 Å². The number of thioether (sulfide) groups is 1. The lowest BCUT2D eigenvalue weighted by Gasteiger charge is -2.20. The number of aliphatic hydroxyl groups excluding tert-OH is 1. The molecule has 3 rings (SSSR count). The quantitative estimate of drug-likeness (QED) is 0.722. The van der Waals surface area contributed by atoms with E-state index >= 15 is 0 Å². The zero-order valence-corrected chi connectivity index (χ0v) is 12.1. The Labute approximate surface area is 125 Å². The number of hydrogen-bond acceptors (Lipinski definition) is 6. The number of likely N-dealkylation sites (tertiary alicyclic amines) is 1. The first-order chi connectivity index (χ1) is 10.1. The normalized spacial score (nSPS) is 25.3. The largest absolute Gasteiger partial charge is 0.480 e. The highest BCUT2D eigenvalue weighted by molar-refractivity contribution is 7.99. The molecule has 0 unspecified atom stereocenters. The number of hydrogen-bond donors (Lipinski definition) is 2. The zero-order chi connectivity index (χ0) is 15.0. The number of aliphatic hydroxyl groups is 1. The summed E-state index contributed by atoms with van der Waals surface area (Å²) >= 11 is 1.26. The Bertz CT molecular complexity index is 559. The van der Waals surface area contributed by atoms with E-state index in [0.29, 0.717) is 11.2 Å². The topological polar surface area (TPSA) is 109 Å². The van der Waals surface area contributed by atoms with Gasteiger partial charge in [0.15, 0.2) is 5.16 Å². The van der Waals surface area contributed by atoms with Gasteiger partial charge in [-0.3, -0.25) is 4.79 Å². The van der Waals surface area contributed by atoms with Crippen LogP contribution >= 0.6 is 11.8 Å². The molecule has 8 nitrogen and oxygen atoms in total. The lowest BCUT2D eigenvalue weighted by Crippen LogP contribution is -2.41. The fraction of sp³-hybridized carbons (Fsp3) is 0.667. The van der Waals surface area contributed by atoms with Gasteiger partial charge in [-0.1, -0.05) is 11.8 Å². The number of carbonyl (C=O) groups excluding carboxylic acids is 1. The average molecular weight is 312 g/mol. The second kappa shape index (κ2) is 5.64. The molecule has 1 aliphatic carbocycles. The Morgan fingerprint density at radius 3 is 2.86 bits per heavy atom. The molecule has 9 heteroatoms. The van der Waals surface area contributed by atoms with Crippen LogP contribution < -0.4 is 0 Å². The van der Waals surface area contributed by atoms with Crippen LogP contribution in [0.3, 0.4) is 0 Å². The van der Waals surface area contributed by atoms with Crippen LogP contribution in [-0.4, -0.2) is 66.2 Å². The molecule has 21 heavy (non-hydrogen) atoms. The Kier molecular flexibility index (Phi) is 3.85. The third-order valence-electron chi connectivity index (χ3n) is 3.69. The van der Waals surface area contributed by atoms with E-state index < -0.39 is 18.1 Å². The van der Waals surface area contributed by atoms with Gasteiger partial charge in [0.2, 0.25) is 5.91 Å². The monoisotopic (exact) mass is 312 g/mol. The number of aliphatic carboxylic acids is 1. The summed E-state index contributed by atoms with van der Waals surface area (Å²) < 4.78 is 1.95. The van der Waals surface area contributed by atoms with Crippen LogP contribution in [0, 0.1) is 0 Å². The predicted molar refractivity (Wildman–Crippen MR) is 72.8 cm³/mol. The second-order valence-corrected chi connectivity index (χ2v) is 6.27. The van der Waals surface area contributed by atoms with Gasteiger partial charge in [-0.25, -0.2) is 4.79 Å². The first-order valence-corrected chi connectivity index (χ1v) is 7.77.